The van der Waals surface area contributed by atoms with Gasteiger partial charge in [-0.25, -0.2) is 4.79 Å². The average molecular weight is 312 g/mol. The van der Waals surface area contributed by atoms with Crippen LogP contribution in [0.15, 0.2) is 24.3 Å². The van der Waals surface area contributed by atoms with Crippen LogP contribution >= 0.6 is 23.1 Å². The fraction of sp³-hybridized carbons (Fsp3) is 0.231. The van der Waals surface area contributed by atoms with Crippen LogP contribution in [0.2, 0.25) is 5.02 Å². The van der Waals surface area contributed by atoms with E-state index >= 15 is 0 Å². The third kappa shape index (κ3) is 3.02. The fourth-order valence-electron chi connectivity index (χ4n) is 1.78. The predicted molar refractivity (Wildman–Crippen MR) is 81.4 cm³/mol. The van der Waals surface area contributed by atoms with Crippen LogP contribution in [0.3, 0.4) is 0 Å². The third-order valence-corrected chi connectivity index (χ3v) is 4.00. The van der Waals surface area contributed by atoms with Crippen molar-refractivity contribution in [2.24, 2.45) is 0 Å². The zero-order chi connectivity index (χ0) is 14.7. The number of halogens is 1. The number of anilines is 2. The third-order valence-electron chi connectivity index (χ3n) is 2.77. The largest absolute Gasteiger partial charge is 0.465 e. The minimum atomic E-state index is -0.478. The van der Waals surface area contributed by atoms with Crippen LogP contribution in [0.4, 0.5) is 10.8 Å². The molecule has 1 heterocycles. The Morgan fingerprint density at radius 1 is 1.45 bits per heavy atom. The first-order chi connectivity index (χ1) is 9.52. The summed E-state index contributed by atoms with van der Waals surface area (Å²) in [6, 6.07) is 7.52. The smallest absolute Gasteiger partial charge is 0.344 e. The van der Waals surface area contributed by atoms with Gasteiger partial charge in [-0.05, 0) is 29.2 Å². The van der Waals surface area contributed by atoms with Gasteiger partial charge in [0.05, 0.1) is 7.11 Å². The zero-order valence-corrected chi connectivity index (χ0v) is 12.7. The van der Waals surface area contributed by atoms with Gasteiger partial charge in [0, 0.05) is 18.6 Å². The van der Waals surface area contributed by atoms with Gasteiger partial charge in [0.15, 0.2) is 5.82 Å². The van der Waals surface area contributed by atoms with Gasteiger partial charge in [-0.2, -0.15) is 4.37 Å². The Labute approximate surface area is 126 Å². The topological polar surface area (TPSA) is 68.5 Å². The lowest BCUT2D eigenvalue weighted by atomic mass is 10.2. The Balaban J connectivity index is 2.23. The van der Waals surface area contributed by atoms with Gasteiger partial charge >= 0.3 is 5.97 Å². The van der Waals surface area contributed by atoms with Crippen molar-refractivity contribution in [3.05, 3.63) is 40.4 Å². The van der Waals surface area contributed by atoms with E-state index in [2.05, 4.69) is 4.37 Å². The molecule has 0 bridgehead atoms. The second-order valence-electron chi connectivity index (χ2n) is 4.22. The van der Waals surface area contributed by atoms with Crippen LogP contribution in [-0.2, 0) is 11.3 Å². The molecule has 0 aliphatic rings. The summed E-state index contributed by atoms with van der Waals surface area (Å²) in [5, 5.41) is 1.37. The van der Waals surface area contributed by atoms with Gasteiger partial charge in [0.2, 0.25) is 0 Å². The predicted octanol–water partition coefficient (Wildman–Crippen LogP) is 2.80. The molecule has 2 N–H and O–H groups in total. The molecule has 1 aromatic carbocycles. The van der Waals surface area contributed by atoms with Crippen LogP contribution in [0.1, 0.15) is 15.9 Å². The molecular formula is C13H14ClN3O2S. The van der Waals surface area contributed by atoms with E-state index in [4.69, 9.17) is 22.1 Å². The van der Waals surface area contributed by atoms with Crippen molar-refractivity contribution < 1.29 is 9.53 Å². The van der Waals surface area contributed by atoms with Gasteiger partial charge in [0.25, 0.3) is 0 Å². The molecule has 0 fully saturated rings. The Morgan fingerprint density at radius 2 is 2.10 bits per heavy atom. The zero-order valence-electron chi connectivity index (χ0n) is 11.1. The number of esters is 1. The van der Waals surface area contributed by atoms with E-state index in [1.54, 1.807) is 0 Å². The van der Waals surface area contributed by atoms with Crippen LogP contribution in [0.25, 0.3) is 0 Å². The summed E-state index contributed by atoms with van der Waals surface area (Å²) in [4.78, 5) is 13.6. The van der Waals surface area contributed by atoms with Crippen molar-refractivity contribution in [2.45, 2.75) is 6.54 Å². The van der Waals surface area contributed by atoms with Crippen molar-refractivity contribution in [3.63, 3.8) is 0 Å². The number of nitrogens with zero attached hydrogens (tertiary/aromatic N) is 2. The Morgan fingerprint density at radius 3 is 2.70 bits per heavy atom. The summed E-state index contributed by atoms with van der Waals surface area (Å²) >= 11 is 7.03. The number of rotatable bonds is 4. The number of carbonyl (C=O) groups excluding carboxylic acids is 1. The van der Waals surface area contributed by atoms with E-state index in [1.165, 1.54) is 18.6 Å². The van der Waals surface area contributed by atoms with Crippen molar-refractivity contribution >= 4 is 39.9 Å². The van der Waals surface area contributed by atoms with Crippen LogP contribution in [-0.4, -0.2) is 24.5 Å². The van der Waals surface area contributed by atoms with Gasteiger partial charge in [-0.3, -0.25) is 0 Å². The number of nitrogen functional groups attached to an aromatic ring is 1. The Kier molecular flexibility index (Phi) is 4.46. The van der Waals surface area contributed by atoms with E-state index in [1.807, 2.05) is 36.2 Å². The molecule has 0 aliphatic heterocycles. The fourth-order valence-corrected chi connectivity index (χ4v) is 2.67. The summed E-state index contributed by atoms with van der Waals surface area (Å²) in [5.74, 6) is -0.283. The molecule has 2 aromatic rings. The van der Waals surface area contributed by atoms with E-state index in [9.17, 15) is 4.79 Å². The number of hydrogen-bond donors (Lipinski definition) is 1. The molecule has 0 amide bonds. The maximum Gasteiger partial charge on any atom is 0.344 e. The van der Waals surface area contributed by atoms with E-state index < -0.39 is 5.97 Å². The number of benzene rings is 1. The SMILES string of the molecule is COC(=O)c1c(N)nsc1N(C)Cc1ccc(Cl)cc1. The molecule has 0 radical (unpaired) electrons. The van der Waals surface area contributed by atoms with E-state index in [0.717, 1.165) is 5.56 Å². The molecule has 20 heavy (non-hydrogen) atoms. The van der Waals surface area contributed by atoms with Gasteiger partial charge in [0.1, 0.15) is 10.6 Å². The monoisotopic (exact) mass is 311 g/mol. The second kappa shape index (κ2) is 6.11. The molecule has 7 heteroatoms. The molecule has 106 valence electrons. The number of carbonyl (C=O) groups is 1. The highest BCUT2D eigenvalue weighted by molar-refractivity contribution is 7.11. The summed E-state index contributed by atoms with van der Waals surface area (Å²) in [5.41, 5.74) is 7.11. The van der Waals surface area contributed by atoms with E-state index in [-0.39, 0.29) is 5.82 Å². The average Bonchev–Trinajstić information content (AvgIpc) is 2.82. The van der Waals surface area contributed by atoms with Crippen molar-refractivity contribution in [3.8, 4) is 0 Å². The Bertz CT molecular complexity index is 613. The highest BCUT2D eigenvalue weighted by Crippen LogP contribution is 2.31. The summed E-state index contributed by atoms with van der Waals surface area (Å²) in [6.45, 7) is 0.614. The second-order valence-corrected chi connectivity index (χ2v) is 5.41. The summed E-state index contributed by atoms with van der Waals surface area (Å²) in [7, 11) is 3.19. The molecule has 1 aromatic heterocycles. The van der Waals surface area contributed by atoms with Gasteiger partial charge < -0.3 is 15.4 Å². The minimum Gasteiger partial charge on any atom is -0.465 e. The number of methoxy groups -OCH3 is 1. The molecule has 0 unspecified atom stereocenters. The molecule has 0 saturated heterocycles. The van der Waals surface area contributed by atoms with Crippen molar-refractivity contribution in [1.29, 1.82) is 0 Å². The Hall–Kier alpha value is -1.79. The van der Waals surface area contributed by atoms with Gasteiger partial charge in [-0.15, -0.1) is 0 Å². The minimum absolute atomic E-state index is 0.194. The first-order valence-corrected chi connectivity index (χ1v) is 6.97. The quantitative estimate of drug-likeness (QED) is 0.879. The molecule has 0 spiro atoms. The normalized spacial score (nSPS) is 10.3. The van der Waals surface area contributed by atoms with Crippen LogP contribution < -0.4 is 10.6 Å². The summed E-state index contributed by atoms with van der Waals surface area (Å²) < 4.78 is 8.75. The highest BCUT2D eigenvalue weighted by Gasteiger charge is 2.22. The van der Waals surface area contributed by atoms with Gasteiger partial charge in [-0.1, -0.05) is 23.7 Å². The van der Waals surface area contributed by atoms with Crippen LogP contribution in [0, 0.1) is 0 Å². The number of ether oxygens (including phenoxy) is 1. The maximum absolute atomic E-state index is 11.7. The summed E-state index contributed by atoms with van der Waals surface area (Å²) in [6.07, 6.45) is 0. The first-order valence-electron chi connectivity index (χ1n) is 5.82. The molecule has 0 saturated carbocycles. The van der Waals surface area contributed by atoms with Crippen molar-refractivity contribution in [1.82, 2.24) is 4.37 Å². The number of aromatic nitrogens is 1. The highest BCUT2D eigenvalue weighted by atomic mass is 35.5. The van der Waals surface area contributed by atoms with Crippen LogP contribution in [0.5, 0.6) is 0 Å². The maximum atomic E-state index is 11.7. The van der Waals surface area contributed by atoms with E-state index in [0.29, 0.717) is 22.1 Å². The molecular weight excluding hydrogens is 298 g/mol. The molecule has 0 atom stereocenters. The number of nitrogens with two attached hydrogens (primary N) is 1. The molecule has 2 rings (SSSR count). The lowest BCUT2D eigenvalue weighted by Crippen LogP contribution is -2.18. The lowest BCUT2D eigenvalue weighted by molar-refractivity contribution is 0.0603. The molecule has 5 nitrogen and oxygen atoms in total. The number of hydrogen-bond acceptors (Lipinski definition) is 6. The molecule has 0 aliphatic carbocycles. The standard InChI is InChI=1S/C13H14ClN3O2S/c1-17(7-8-3-5-9(14)6-4-8)12-10(13(18)19-2)11(15)16-20-12/h3-6H,7H2,1-2H3,(H2,15,16). The first kappa shape index (κ1) is 14.6. The van der Waals surface area contributed by atoms with Crippen molar-refractivity contribution in [2.75, 3.05) is 24.8 Å². The lowest BCUT2D eigenvalue weighted by Gasteiger charge is -2.18.